The van der Waals surface area contributed by atoms with Crippen molar-refractivity contribution in [1.29, 1.82) is 0 Å². The van der Waals surface area contributed by atoms with E-state index in [2.05, 4.69) is 26.7 Å². The van der Waals surface area contributed by atoms with Gasteiger partial charge in [-0.25, -0.2) is 9.97 Å². The molecule has 1 saturated carbocycles. The van der Waals surface area contributed by atoms with E-state index in [1.54, 1.807) is 12.3 Å². The summed E-state index contributed by atoms with van der Waals surface area (Å²) in [6, 6.07) is 10.2. The van der Waals surface area contributed by atoms with Crippen LogP contribution in [0.15, 0.2) is 36.5 Å². The zero-order chi connectivity index (χ0) is 17.5. The smallest absolute Gasteiger partial charge is 0.270 e. The van der Waals surface area contributed by atoms with Crippen LogP contribution in [0.25, 0.3) is 0 Å². The third kappa shape index (κ3) is 5.28. The molecule has 0 saturated heterocycles. The first-order chi connectivity index (χ1) is 12.2. The predicted molar refractivity (Wildman–Crippen MR) is 99.5 cm³/mol. The summed E-state index contributed by atoms with van der Waals surface area (Å²) in [7, 11) is 0. The molecule has 0 spiro atoms. The molecule has 0 radical (unpaired) electrons. The SMILES string of the molecule is Cc1cccc(CNC(=O)c2ccnc(NC3CCCCCC3)n2)c1. The summed E-state index contributed by atoms with van der Waals surface area (Å²) in [5.41, 5.74) is 2.67. The molecular weight excluding hydrogens is 312 g/mol. The van der Waals surface area contributed by atoms with E-state index in [9.17, 15) is 4.79 Å². The summed E-state index contributed by atoms with van der Waals surface area (Å²) in [5, 5.41) is 6.32. The normalized spacial score (nSPS) is 15.4. The number of nitrogens with zero attached hydrogens (tertiary/aromatic N) is 2. The zero-order valence-electron chi connectivity index (χ0n) is 14.8. The quantitative estimate of drug-likeness (QED) is 0.813. The average Bonchev–Trinajstić information content (AvgIpc) is 2.89. The van der Waals surface area contributed by atoms with Gasteiger partial charge in [-0.2, -0.15) is 0 Å². The Morgan fingerprint density at radius 1 is 1.16 bits per heavy atom. The van der Waals surface area contributed by atoms with E-state index in [1.165, 1.54) is 31.2 Å². The lowest BCUT2D eigenvalue weighted by atomic mass is 10.1. The minimum atomic E-state index is -0.173. The molecule has 0 bridgehead atoms. The van der Waals surface area contributed by atoms with Gasteiger partial charge in [-0.1, -0.05) is 55.5 Å². The summed E-state index contributed by atoms with van der Waals surface area (Å²) in [6.07, 6.45) is 9.04. The summed E-state index contributed by atoms with van der Waals surface area (Å²) in [6.45, 7) is 2.54. The Kier molecular flexibility index (Phi) is 5.99. The van der Waals surface area contributed by atoms with Gasteiger partial charge in [-0.15, -0.1) is 0 Å². The third-order valence-corrected chi connectivity index (χ3v) is 4.61. The topological polar surface area (TPSA) is 66.9 Å². The number of anilines is 1. The van der Waals surface area contributed by atoms with Gasteiger partial charge in [0.1, 0.15) is 5.69 Å². The Labute approximate surface area is 149 Å². The van der Waals surface area contributed by atoms with E-state index in [0.29, 0.717) is 24.2 Å². The number of hydrogen-bond acceptors (Lipinski definition) is 4. The van der Waals surface area contributed by atoms with Crippen LogP contribution in [0.5, 0.6) is 0 Å². The molecule has 1 aliphatic rings. The van der Waals surface area contributed by atoms with Crippen molar-refractivity contribution >= 4 is 11.9 Å². The van der Waals surface area contributed by atoms with E-state index in [0.717, 1.165) is 18.4 Å². The maximum Gasteiger partial charge on any atom is 0.270 e. The van der Waals surface area contributed by atoms with Gasteiger partial charge < -0.3 is 10.6 Å². The van der Waals surface area contributed by atoms with E-state index >= 15 is 0 Å². The molecule has 0 unspecified atom stereocenters. The number of carbonyl (C=O) groups is 1. The molecule has 5 nitrogen and oxygen atoms in total. The summed E-state index contributed by atoms with van der Waals surface area (Å²) in [5.74, 6) is 0.378. The van der Waals surface area contributed by atoms with Gasteiger partial charge in [0.25, 0.3) is 5.91 Å². The molecule has 2 aromatic rings. The number of nitrogens with one attached hydrogen (secondary N) is 2. The first kappa shape index (κ1) is 17.4. The van der Waals surface area contributed by atoms with Gasteiger partial charge in [-0.3, -0.25) is 4.79 Å². The average molecular weight is 338 g/mol. The maximum atomic E-state index is 12.4. The number of carbonyl (C=O) groups excluding carboxylic acids is 1. The molecule has 1 amide bonds. The molecule has 132 valence electrons. The van der Waals surface area contributed by atoms with Crippen molar-refractivity contribution in [1.82, 2.24) is 15.3 Å². The van der Waals surface area contributed by atoms with Crippen molar-refractivity contribution in [2.45, 2.75) is 58.0 Å². The van der Waals surface area contributed by atoms with Crippen LogP contribution in [0.2, 0.25) is 0 Å². The van der Waals surface area contributed by atoms with Crippen LogP contribution >= 0.6 is 0 Å². The highest BCUT2D eigenvalue weighted by atomic mass is 16.1. The lowest BCUT2D eigenvalue weighted by Crippen LogP contribution is -2.25. The second-order valence-corrected chi connectivity index (χ2v) is 6.77. The number of rotatable bonds is 5. The second kappa shape index (κ2) is 8.60. The van der Waals surface area contributed by atoms with Crippen molar-refractivity contribution < 1.29 is 4.79 Å². The highest BCUT2D eigenvalue weighted by Crippen LogP contribution is 2.19. The first-order valence-electron chi connectivity index (χ1n) is 9.14. The Balaban J connectivity index is 1.59. The van der Waals surface area contributed by atoms with Gasteiger partial charge >= 0.3 is 0 Å². The standard InChI is InChI=1S/C20H26N4O/c1-15-7-6-8-16(13-15)14-22-19(25)18-11-12-21-20(24-18)23-17-9-4-2-3-5-10-17/h6-8,11-13,17H,2-5,9-10,14H2,1H3,(H,22,25)(H,21,23,24). The van der Waals surface area contributed by atoms with Gasteiger partial charge in [0.2, 0.25) is 5.95 Å². The molecule has 1 aromatic carbocycles. The lowest BCUT2D eigenvalue weighted by Gasteiger charge is -2.16. The molecule has 0 atom stereocenters. The molecular formula is C20H26N4O. The predicted octanol–water partition coefficient (Wildman–Crippen LogP) is 3.85. The van der Waals surface area contributed by atoms with Crippen LogP contribution in [-0.2, 0) is 6.54 Å². The number of aromatic nitrogens is 2. The molecule has 0 aliphatic heterocycles. The largest absolute Gasteiger partial charge is 0.351 e. The fourth-order valence-electron chi connectivity index (χ4n) is 3.26. The van der Waals surface area contributed by atoms with Crippen molar-refractivity contribution in [3.8, 4) is 0 Å². The monoisotopic (exact) mass is 338 g/mol. The van der Waals surface area contributed by atoms with E-state index in [1.807, 2.05) is 25.1 Å². The number of benzene rings is 1. The van der Waals surface area contributed by atoms with Gasteiger partial charge in [0.05, 0.1) is 0 Å². The highest BCUT2D eigenvalue weighted by molar-refractivity contribution is 5.92. The van der Waals surface area contributed by atoms with Crippen molar-refractivity contribution in [3.63, 3.8) is 0 Å². The Hall–Kier alpha value is -2.43. The van der Waals surface area contributed by atoms with Gasteiger partial charge in [-0.05, 0) is 31.4 Å². The molecule has 1 aromatic heterocycles. The van der Waals surface area contributed by atoms with Crippen molar-refractivity contribution in [2.24, 2.45) is 0 Å². The van der Waals surface area contributed by atoms with Crippen LogP contribution in [0.4, 0.5) is 5.95 Å². The minimum Gasteiger partial charge on any atom is -0.351 e. The second-order valence-electron chi connectivity index (χ2n) is 6.77. The van der Waals surface area contributed by atoms with Gasteiger partial charge in [0, 0.05) is 18.8 Å². The van der Waals surface area contributed by atoms with E-state index in [4.69, 9.17) is 0 Å². The van der Waals surface area contributed by atoms with Crippen LogP contribution in [0.1, 0.15) is 60.1 Å². The van der Waals surface area contributed by atoms with E-state index in [-0.39, 0.29) is 5.91 Å². The molecule has 1 aliphatic carbocycles. The minimum absolute atomic E-state index is 0.173. The molecule has 25 heavy (non-hydrogen) atoms. The van der Waals surface area contributed by atoms with E-state index < -0.39 is 0 Å². The molecule has 5 heteroatoms. The molecule has 3 rings (SSSR count). The summed E-state index contributed by atoms with van der Waals surface area (Å²) < 4.78 is 0. The molecule has 1 fully saturated rings. The summed E-state index contributed by atoms with van der Waals surface area (Å²) in [4.78, 5) is 21.0. The van der Waals surface area contributed by atoms with Crippen molar-refractivity contribution in [2.75, 3.05) is 5.32 Å². The molecule has 2 N–H and O–H groups in total. The van der Waals surface area contributed by atoms with Gasteiger partial charge in [0.15, 0.2) is 0 Å². The summed E-state index contributed by atoms with van der Waals surface area (Å²) >= 11 is 0. The fourth-order valence-corrected chi connectivity index (χ4v) is 3.26. The first-order valence-corrected chi connectivity index (χ1v) is 9.14. The lowest BCUT2D eigenvalue weighted by molar-refractivity contribution is 0.0946. The number of hydrogen-bond donors (Lipinski definition) is 2. The number of amides is 1. The Bertz CT molecular complexity index is 708. The van der Waals surface area contributed by atoms with Crippen LogP contribution in [0, 0.1) is 6.92 Å². The van der Waals surface area contributed by atoms with Crippen LogP contribution < -0.4 is 10.6 Å². The molecule has 1 heterocycles. The van der Waals surface area contributed by atoms with Crippen LogP contribution in [0.3, 0.4) is 0 Å². The van der Waals surface area contributed by atoms with Crippen molar-refractivity contribution in [3.05, 3.63) is 53.3 Å². The third-order valence-electron chi connectivity index (χ3n) is 4.61. The zero-order valence-corrected chi connectivity index (χ0v) is 14.8. The highest BCUT2D eigenvalue weighted by Gasteiger charge is 2.14. The fraction of sp³-hybridized carbons (Fsp3) is 0.450. The Morgan fingerprint density at radius 2 is 1.96 bits per heavy atom. The maximum absolute atomic E-state index is 12.4. The number of aryl methyl sites for hydroxylation is 1. The van der Waals surface area contributed by atoms with Crippen LogP contribution in [-0.4, -0.2) is 21.9 Å². The Morgan fingerprint density at radius 3 is 2.72 bits per heavy atom.